The smallest absolute Gasteiger partial charge is 0.160 e. The molecule has 0 aliphatic rings. The van der Waals surface area contributed by atoms with E-state index in [1.165, 1.54) is 11.1 Å². The molecule has 0 aromatic heterocycles. The minimum absolute atomic E-state index is 0.165. The Morgan fingerprint density at radius 2 is 1.42 bits per heavy atom. The average Bonchev–Trinajstić information content (AvgIpc) is 2.37. The van der Waals surface area contributed by atoms with Gasteiger partial charge in [-0.15, -0.1) is 0 Å². The first-order chi connectivity index (χ1) is 9.09. The van der Waals surface area contributed by atoms with Gasteiger partial charge in [0.2, 0.25) is 0 Å². The molecule has 0 N–H and O–H groups in total. The molecule has 0 aliphatic carbocycles. The van der Waals surface area contributed by atoms with E-state index in [2.05, 4.69) is 37.3 Å². The molecule has 98 valence electrons. The first kappa shape index (κ1) is 13.5. The Labute approximate surface area is 115 Å². The molecule has 0 radical (unpaired) electrons. The van der Waals surface area contributed by atoms with Crippen molar-refractivity contribution in [1.29, 1.82) is 0 Å². The first-order valence-corrected chi connectivity index (χ1v) is 6.73. The Hall–Kier alpha value is -1.89. The van der Waals surface area contributed by atoms with Crippen LogP contribution in [0.3, 0.4) is 0 Å². The molecule has 0 heterocycles. The number of hydrogen-bond donors (Lipinski definition) is 0. The van der Waals surface area contributed by atoms with Gasteiger partial charge in [-0.3, -0.25) is 4.79 Å². The molecule has 2 aromatic carbocycles. The van der Waals surface area contributed by atoms with Crippen LogP contribution in [0.5, 0.6) is 0 Å². The largest absolute Gasteiger partial charge is 0.294 e. The number of Topliss-reactive ketones (excluding diaryl/α,β-unsaturated/α-hetero) is 1. The summed E-state index contributed by atoms with van der Waals surface area (Å²) in [4.78, 5) is 11.8. The number of benzene rings is 2. The molecule has 19 heavy (non-hydrogen) atoms. The fourth-order valence-corrected chi connectivity index (χ4v) is 2.60. The van der Waals surface area contributed by atoms with Crippen molar-refractivity contribution in [1.82, 2.24) is 0 Å². The number of aryl methyl sites for hydroxylation is 4. The van der Waals surface area contributed by atoms with E-state index in [4.69, 9.17) is 0 Å². The highest BCUT2D eigenvalue weighted by molar-refractivity contribution is 5.97. The van der Waals surface area contributed by atoms with Gasteiger partial charge in [0.15, 0.2) is 5.78 Å². The van der Waals surface area contributed by atoms with Gasteiger partial charge in [0.1, 0.15) is 0 Å². The SMILES string of the molecule is CC(=O)c1c(C)cccc1CCc1ccccc1C. The van der Waals surface area contributed by atoms with Gasteiger partial charge in [-0.2, -0.15) is 0 Å². The Morgan fingerprint density at radius 3 is 2.11 bits per heavy atom. The molecule has 0 bridgehead atoms. The summed E-state index contributed by atoms with van der Waals surface area (Å²) in [5.74, 6) is 0.165. The van der Waals surface area contributed by atoms with Crippen molar-refractivity contribution in [3.63, 3.8) is 0 Å². The zero-order valence-corrected chi connectivity index (χ0v) is 11.9. The number of ketones is 1. The van der Waals surface area contributed by atoms with Crippen molar-refractivity contribution in [2.24, 2.45) is 0 Å². The van der Waals surface area contributed by atoms with Crippen LogP contribution in [-0.2, 0) is 12.8 Å². The molecule has 0 aliphatic heterocycles. The number of carbonyl (C=O) groups is 1. The highest BCUT2D eigenvalue weighted by Gasteiger charge is 2.10. The van der Waals surface area contributed by atoms with Crippen molar-refractivity contribution >= 4 is 5.78 Å². The molecular formula is C18H20O. The van der Waals surface area contributed by atoms with E-state index in [0.29, 0.717) is 0 Å². The van der Waals surface area contributed by atoms with Crippen molar-refractivity contribution in [3.05, 3.63) is 70.3 Å². The molecular weight excluding hydrogens is 232 g/mol. The van der Waals surface area contributed by atoms with Crippen molar-refractivity contribution in [3.8, 4) is 0 Å². The number of hydrogen-bond acceptors (Lipinski definition) is 1. The third-order valence-corrected chi connectivity index (χ3v) is 3.64. The van der Waals surface area contributed by atoms with Gasteiger partial charge in [-0.05, 0) is 55.9 Å². The normalized spacial score (nSPS) is 10.5. The van der Waals surface area contributed by atoms with E-state index in [0.717, 1.165) is 29.5 Å². The van der Waals surface area contributed by atoms with Crippen LogP contribution in [0.2, 0.25) is 0 Å². The topological polar surface area (TPSA) is 17.1 Å². The summed E-state index contributed by atoms with van der Waals surface area (Å²) in [5.41, 5.74) is 5.82. The lowest BCUT2D eigenvalue weighted by atomic mass is 9.93. The van der Waals surface area contributed by atoms with E-state index >= 15 is 0 Å². The first-order valence-electron chi connectivity index (χ1n) is 6.73. The van der Waals surface area contributed by atoms with E-state index < -0.39 is 0 Å². The third kappa shape index (κ3) is 3.11. The van der Waals surface area contributed by atoms with Crippen LogP contribution in [0, 0.1) is 13.8 Å². The Kier molecular flexibility index (Phi) is 4.16. The molecule has 0 saturated carbocycles. The monoisotopic (exact) mass is 252 g/mol. The molecule has 0 unspecified atom stereocenters. The fourth-order valence-electron chi connectivity index (χ4n) is 2.60. The maximum Gasteiger partial charge on any atom is 0.160 e. The summed E-state index contributed by atoms with van der Waals surface area (Å²) in [6, 6.07) is 14.6. The second-order valence-electron chi connectivity index (χ2n) is 5.09. The predicted molar refractivity (Wildman–Crippen MR) is 79.8 cm³/mol. The third-order valence-electron chi connectivity index (χ3n) is 3.64. The molecule has 0 atom stereocenters. The molecule has 1 nitrogen and oxygen atoms in total. The van der Waals surface area contributed by atoms with Gasteiger partial charge >= 0.3 is 0 Å². The quantitative estimate of drug-likeness (QED) is 0.742. The molecule has 0 spiro atoms. The van der Waals surface area contributed by atoms with E-state index in [1.807, 2.05) is 19.1 Å². The summed E-state index contributed by atoms with van der Waals surface area (Å²) in [6.45, 7) is 5.80. The molecule has 2 aromatic rings. The highest BCUT2D eigenvalue weighted by atomic mass is 16.1. The fraction of sp³-hybridized carbons (Fsp3) is 0.278. The minimum Gasteiger partial charge on any atom is -0.294 e. The standard InChI is InChI=1S/C18H20O/c1-13-7-4-5-9-16(13)11-12-17-10-6-8-14(2)18(17)15(3)19/h4-10H,11-12H2,1-3H3. The van der Waals surface area contributed by atoms with Gasteiger partial charge in [-0.1, -0.05) is 42.5 Å². The van der Waals surface area contributed by atoms with Crippen molar-refractivity contribution < 1.29 is 4.79 Å². The van der Waals surface area contributed by atoms with Gasteiger partial charge in [0.05, 0.1) is 0 Å². The summed E-state index contributed by atoms with van der Waals surface area (Å²) >= 11 is 0. The van der Waals surface area contributed by atoms with Crippen molar-refractivity contribution in [2.45, 2.75) is 33.6 Å². The van der Waals surface area contributed by atoms with Gasteiger partial charge < -0.3 is 0 Å². The lowest BCUT2D eigenvalue weighted by Gasteiger charge is -2.11. The van der Waals surface area contributed by atoms with Crippen LogP contribution in [-0.4, -0.2) is 5.78 Å². The maximum atomic E-state index is 11.8. The van der Waals surface area contributed by atoms with Gasteiger partial charge in [-0.25, -0.2) is 0 Å². The second-order valence-corrected chi connectivity index (χ2v) is 5.09. The molecule has 0 fully saturated rings. The summed E-state index contributed by atoms with van der Waals surface area (Å²) < 4.78 is 0. The highest BCUT2D eigenvalue weighted by Crippen LogP contribution is 2.18. The Bertz CT molecular complexity index is 596. The summed E-state index contributed by atoms with van der Waals surface area (Å²) in [7, 11) is 0. The molecule has 1 heteroatoms. The Balaban J connectivity index is 2.23. The van der Waals surface area contributed by atoms with Gasteiger partial charge in [0.25, 0.3) is 0 Å². The number of rotatable bonds is 4. The van der Waals surface area contributed by atoms with E-state index in [9.17, 15) is 4.79 Å². The van der Waals surface area contributed by atoms with E-state index in [1.54, 1.807) is 6.92 Å². The van der Waals surface area contributed by atoms with E-state index in [-0.39, 0.29) is 5.78 Å². The van der Waals surface area contributed by atoms with Crippen LogP contribution >= 0.6 is 0 Å². The van der Waals surface area contributed by atoms with Gasteiger partial charge in [0, 0.05) is 5.56 Å². The molecule has 0 amide bonds. The summed E-state index contributed by atoms with van der Waals surface area (Å²) in [5, 5.41) is 0. The maximum absolute atomic E-state index is 11.8. The van der Waals surface area contributed by atoms with Crippen molar-refractivity contribution in [2.75, 3.05) is 0 Å². The second kappa shape index (κ2) is 5.83. The zero-order valence-electron chi connectivity index (χ0n) is 11.9. The summed E-state index contributed by atoms with van der Waals surface area (Å²) in [6.07, 6.45) is 1.90. The lowest BCUT2D eigenvalue weighted by molar-refractivity contribution is 0.101. The predicted octanol–water partition coefficient (Wildman–Crippen LogP) is 4.29. The van der Waals surface area contributed by atoms with Crippen LogP contribution in [0.15, 0.2) is 42.5 Å². The van der Waals surface area contributed by atoms with Crippen LogP contribution in [0.1, 0.15) is 39.5 Å². The number of carbonyl (C=O) groups excluding carboxylic acids is 1. The lowest BCUT2D eigenvalue weighted by Crippen LogP contribution is -2.04. The van der Waals surface area contributed by atoms with Crippen LogP contribution in [0.4, 0.5) is 0 Å². The minimum atomic E-state index is 0.165. The van der Waals surface area contributed by atoms with Crippen LogP contribution < -0.4 is 0 Å². The average molecular weight is 252 g/mol. The zero-order chi connectivity index (χ0) is 13.8. The molecule has 0 saturated heterocycles. The molecule has 2 rings (SSSR count). The Morgan fingerprint density at radius 1 is 0.842 bits per heavy atom. The van der Waals surface area contributed by atoms with Crippen LogP contribution in [0.25, 0.3) is 0 Å².